The minimum absolute atomic E-state index is 0.00358. The molecule has 0 unspecified atom stereocenters. The SMILES string of the molecule is CC(=O)c1cc(-c2cc(S(N)(=O)=O)c(C)n2CC2CCCCC2)cc(C(C)(C)C)c1. The van der Waals surface area contributed by atoms with Crippen LogP contribution in [0.3, 0.4) is 0 Å². The number of Topliss-reactive ketones (excluding diaryl/α,β-unsaturated/α-hetero) is 1. The smallest absolute Gasteiger partial charge is 0.239 e. The Balaban J connectivity index is 2.21. The van der Waals surface area contributed by atoms with Crippen molar-refractivity contribution in [3.8, 4) is 11.3 Å². The molecular formula is C24H34N2O3S. The summed E-state index contributed by atoms with van der Waals surface area (Å²) in [5, 5.41) is 5.53. The van der Waals surface area contributed by atoms with Crippen LogP contribution in [-0.4, -0.2) is 18.8 Å². The van der Waals surface area contributed by atoms with Gasteiger partial charge in [0.15, 0.2) is 5.78 Å². The first-order chi connectivity index (χ1) is 13.9. The van der Waals surface area contributed by atoms with Crippen molar-refractivity contribution in [1.82, 2.24) is 4.57 Å². The molecule has 2 N–H and O–H groups in total. The summed E-state index contributed by atoms with van der Waals surface area (Å²) in [5.74, 6) is 0.520. The Bertz CT molecular complexity index is 1050. The number of rotatable bonds is 5. The lowest BCUT2D eigenvalue weighted by molar-refractivity contribution is 0.101. The molecule has 1 aliphatic rings. The van der Waals surface area contributed by atoms with Crippen LogP contribution in [0.25, 0.3) is 11.3 Å². The minimum atomic E-state index is -3.84. The number of hydrogen-bond donors (Lipinski definition) is 1. The van der Waals surface area contributed by atoms with Gasteiger partial charge >= 0.3 is 0 Å². The monoisotopic (exact) mass is 430 g/mol. The number of sulfonamides is 1. The van der Waals surface area contributed by atoms with Crippen molar-refractivity contribution in [1.29, 1.82) is 0 Å². The van der Waals surface area contributed by atoms with Crippen molar-refractivity contribution >= 4 is 15.8 Å². The maximum Gasteiger partial charge on any atom is 0.239 e. The van der Waals surface area contributed by atoms with Crippen LogP contribution in [-0.2, 0) is 22.0 Å². The van der Waals surface area contributed by atoms with Crippen LogP contribution in [0.2, 0.25) is 0 Å². The first kappa shape index (κ1) is 22.8. The Kier molecular flexibility index (Phi) is 6.30. The van der Waals surface area contributed by atoms with E-state index in [1.807, 2.05) is 19.1 Å². The van der Waals surface area contributed by atoms with Gasteiger partial charge in [-0.15, -0.1) is 0 Å². The Morgan fingerprint density at radius 3 is 2.27 bits per heavy atom. The van der Waals surface area contributed by atoms with Gasteiger partial charge in [0.25, 0.3) is 0 Å². The number of nitrogens with two attached hydrogens (primary N) is 1. The summed E-state index contributed by atoms with van der Waals surface area (Å²) in [4.78, 5) is 12.4. The summed E-state index contributed by atoms with van der Waals surface area (Å²) in [6, 6.07) is 7.56. The Labute approximate surface area is 180 Å². The summed E-state index contributed by atoms with van der Waals surface area (Å²) >= 11 is 0. The molecule has 2 aromatic rings. The molecule has 1 fully saturated rings. The number of hydrogen-bond acceptors (Lipinski definition) is 3. The van der Waals surface area contributed by atoms with E-state index in [1.165, 1.54) is 19.3 Å². The van der Waals surface area contributed by atoms with Gasteiger partial charge in [-0.25, -0.2) is 13.6 Å². The highest BCUT2D eigenvalue weighted by Crippen LogP contribution is 2.35. The van der Waals surface area contributed by atoms with E-state index in [2.05, 4.69) is 31.4 Å². The van der Waals surface area contributed by atoms with Crippen LogP contribution in [0.4, 0.5) is 0 Å². The van der Waals surface area contributed by atoms with E-state index in [-0.39, 0.29) is 16.1 Å². The Morgan fingerprint density at radius 2 is 1.73 bits per heavy atom. The molecule has 0 bridgehead atoms. The summed E-state index contributed by atoms with van der Waals surface area (Å²) in [6.07, 6.45) is 6.02. The second-order valence-electron chi connectivity index (χ2n) is 9.74. The molecule has 5 nitrogen and oxygen atoms in total. The summed E-state index contributed by atoms with van der Waals surface area (Å²) in [5.41, 5.74) is 3.89. The van der Waals surface area contributed by atoms with Crippen LogP contribution >= 0.6 is 0 Å². The largest absolute Gasteiger partial charge is 0.343 e. The first-order valence-electron chi connectivity index (χ1n) is 10.8. The molecule has 0 radical (unpaired) electrons. The third kappa shape index (κ3) is 4.86. The molecular weight excluding hydrogens is 396 g/mol. The molecule has 1 aliphatic carbocycles. The number of ketones is 1. The van der Waals surface area contributed by atoms with E-state index in [4.69, 9.17) is 5.14 Å². The maximum atomic E-state index is 12.3. The highest BCUT2D eigenvalue weighted by molar-refractivity contribution is 7.89. The molecule has 1 aromatic heterocycles. The highest BCUT2D eigenvalue weighted by atomic mass is 32.2. The van der Waals surface area contributed by atoms with Gasteiger partial charge in [-0.3, -0.25) is 4.79 Å². The lowest BCUT2D eigenvalue weighted by atomic mass is 9.84. The fourth-order valence-corrected chi connectivity index (χ4v) is 5.22. The predicted molar refractivity (Wildman–Crippen MR) is 121 cm³/mol. The van der Waals surface area contributed by atoms with E-state index < -0.39 is 10.0 Å². The molecule has 3 rings (SSSR count). The van der Waals surface area contributed by atoms with Crippen LogP contribution in [0, 0.1) is 12.8 Å². The molecule has 0 aliphatic heterocycles. The number of benzene rings is 1. The van der Waals surface area contributed by atoms with Crippen LogP contribution in [0.15, 0.2) is 29.2 Å². The molecule has 1 aromatic carbocycles. The molecule has 0 saturated heterocycles. The van der Waals surface area contributed by atoms with Crippen molar-refractivity contribution in [3.05, 3.63) is 41.1 Å². The third-order valence-electron chi connectivity index (χ3n) is 6.29. The number of aromatic nitrogens is 1. The van der Waals surface area contributed by atoms with E-state index >= 15 is 0 Å². The highest BCUT2D eigenvalue weighted by Gasteiger charge is 2.25. The molecule has 0 spiro atoms. The van der Waals surface area contributed by atoms with Crippen LogP contribution < -0.4 is 5.14 Å². The molecule has 164 valence electrons. The van der Waals surface area contributed by atoms with Gasteiger partial charge in [0.1, 0.15) is 4.90 Å². The standard InChI is InChI=1S/C24H34N2O3S/c1-16-23(30(25,28)29)14-22(26(16)15-18-9-7-6-8-10-18)20-11-19(17(2)27)12-21(13-20)24(3,4)5/h11-14,18H,6-10,15H2,1-5H3,(H2,25,28,29). The van der Waals surface area contributed by atoms with Gasteiger partial charge < -0.3 is 4.57 Å². The van der Waals surface area contributed by atoms with Crippen molar-refractivity contribution in [2.75, 3.05) is 0 Å². The number of nitrogens with zero attached hydrogens (tertiary/aromatic N) is 1. The lowest BCUT2D eigenvalue weighted by Crippen LogP contribution is -2.17. The van der Waals surface area contributed by atoms with E-state index in [9.17, 15) is 13.2 Å². The summed E-state index contributed by atoms with van der Waals surface area (Å²) in [6.45, 7) is 10.5. The van der Waals surface area contributed by atoms with Gasteiger partial charge in [-0.2, -0.15) is 0 Å². The van der Waals surface area contributed by atoms with E-state index in [1.54, 1.807) is 13.0 Å². The quantitative estimate of drug-likeness (QED) is 0.663. The topological polar surface area (TPSA) is 82.2 Å². The predicted octanol–water partition coefficient (Wildman–Crippen LogP) is 5.19. The van der Waals surface area contributed by atoms with Gasteiger partial charge in [0.2, 0.25) is 10.0 Å². The molecule has 0 atom stereocenters. The van der Waals surface area contributed by atoms with Crippen molar-refractivity contribution in [2.45, 2.75) is 83.6 Å². The van der Waals surface area contributed by atoms with Crippen LogP contribution in [0.5, 0.6) is 0 Å². The fourth-order valence-electron chi connectivity index (χ4n) is 4.42. The Hall–Kier alpha value is -1.92. The first-order valence-corrected chi connectivity index (χ1v) is 12.3. The summed E-state index contributed by atoms with van der Waals surface area (Å²) in [7, 11) is -3.84. The zero-order chi connectivity index (χ0) is 22.3. The lowest BCUT2D eigenvalue weighted by Gasteiger charge is -2.25. The van der Waals surface area contributed by atoms with Gasteiger partial charge in [-0.05, 0) is 73.4 Å². The third-order valence-corrected chi connectivity index (χ3v) is 7.32. The maximum absolute atomic E-state index is 12.3. The van der Waals surface area contributed by atoms with Crippen molar-refractivity contribution < 1.29 is 13.2 Å². The number of carbonyl (C=O) groups excluding carboxylic acids is 1. The number of carbonyl (C=O) groups is 1. The number of primary sulfonamides is 1. The average Bonchev–Trinajstić information content (AvgIpc) is 2.98. The molecule has 1 heterocycles. The molecule has 30 heavy (non-hydrogen) atoms. The van der Waals surface area contributed by atoms with Gasteiger partial charge in [0.05, 0.1) is 0 Å². The van der Waals surface area contributed by atoms with Gasteiger partial charge in [0, 0.05) is 23.5 Å². The molecule has 0 amide bonds. The van der Waals surface area contributed by atoms with Crippen LogP contribution in [0.1, 0.15) is 81.4 Å². The van der Waals surface area contributed by atoms with E-state index in [0.717, 1.165) is 36.2 Å². The fraction of sp³-hybridized carbons (Fsp3) is 0.542. The normalized spacial score (nSPS) is 16.1. The Morgan fingerprint density at radius 1 is 1.10 bits per heavy atom. The van der Waals surface area contributed by atoms with Crippen molar-refractivity contribution in [2.24, 2.45) is 11.1 Å². The second kappa shape index (κ2) is 8.31. The second-order valence-corrected chi connectivity index (χ2v) is 11.3. The minimum Gasteiger partial charge on any atom is -0.343 e. The zero-order valence-electron chi connectivity index (χ0n) is 18.8. The summed E-state index contributed by atoms with van der Waals surface area (Å²) < 4.78 is 26.6. The van der Waals surface area contributed by atoms with Crippen molar-refractivity contribution in [3.63, 3.8) is 0 Å². The molecule has 6 heteroatoms. The average molecular weight is 431 g/mol. The van der Waals surface area contributed by atoms with Gasteiger partial charge in [-0.1, -0.05) is 40.0 Å². The molecule has 1 saturated carbocycles. The zero-order valence-corrected chi connectivity index (χ0v) is 19.6. The van der Waals surface area contributed by atoms with E-state index in [0.29, 0.717) is 17.2 Å².